The van der Waals surface area contributed by atoms with Gasteiger partial charge in [-0.25, -0.2) is 9.18 Å². The molecule has 0 aromatic heterocycles. The molecular weight excluding hydrogens is 291 g/mol. The first-order valence-electron chi connectivity index (χ1n) is 6.71. The van der Waals surface area contributed by atoms with Crippen LogP contribution in [0.1, 0.15) is 31.4 Å². The molecule has 1 aromatic carbocycles. The van der Waals surface area contributed by atoms with Crippen molar-refractivity contribution in [3.8, 4) is 0 Å². The summed E-state index contributed by atoms with van der Waals surface area (Å²) < 4.78 is 18.3. The predicted octanol–water partition coefficient (Wildman–Crippen LogP) is 2.57. The first-order chi connectivity index (χ1) is 10.1. The standard InChI is InChI=1S/C15H17FN2O2S/c1-3-5-11-12(14(19)20-2)13(18-15(21)17-11)9-6-4-7-10(16)8-9/h4,6-8,13H,3,5H2,1-2H3,(H2,17,18,21)/t13-/m1/s1. The Morgan fingerprint density at radius 3 is 2.86 bits per heavy atom. The van der Waals surface area contributed by atoms with Crippen molar-refractivity contribution in [1.82, 2.24) is 10.6 Å². The maximum atomic E-state index is 13.5. The number of benzene rings is 1. The molecule has 1 aromatic rings. The lowest BCUT2D eigenvalue weighted by atomic mass is 9.94. The largest absolute Gasteiger partial charge is 0.466 e. The summed E-state index contributed by atoms with van der Waals surface area (Å²) in [7, 11) is 1.33. The van der Waals surface area contributed by atoms with Gasteiger partial charge in [-0.2, -0.15) is 0 Å². The fourth-order valence-corrected chi connectivity index (χ4v) is 2.59. The maximum Gasteiger partial charge on any atom is 0.337 e. The summed E-state index contributed by atoms with van der Waals surface area (Å²) in [6.07, 6.45) is 1.51. The van der Waals surface area contributed by atoms with Crippen LogP contribution in [0, 0.1) is 5.82 Å². The lowest BCUT2D eigenvalue weighted by Crippen LogP contribution is -2.45. The summed E-state index contributed by atoms with van der Waals surface area (Å²) in [5, 5.41) is 6.43. The fourth-order valence-electron chi connectivity index (χ4n) is 2.35. The topological polar surface area (TPSA) is 50.4 Å². The van der Waals surface area contributed by atoms with Gasteiger partial charge in [0.2, 0.25) is 0 Å². The minimum Gasteiger partial charge on any atom is -0.466 e. The average Bonchev–Trinajstić information content (AvgIpc) is 2.46. The number of halogens is 1. The van der Waals surface area contributed by atoms with E-state index in [4.69, 9.17) is 17.0 Å². The Morgan fingerprint density at radius 1 is 1.48 bits per heavy atom. The normalized spacial score (nSPS) is 18.0. The number of methoxy groups -OCH3 is 1. The van der Waals surface area contributed by atoms with E-state index < -0.39 is 12.0 Å². The molecule has 21 heavy (non-hydrogen) atoms. The summed E-state index contributed by atoms with van der Waals surface area (Å²) in [5.41, 5.74) is 1.80. The first kappa shape index (κ1) is 15.4. The lowest BCUT2D eigenvalue weighted by Gasteiger charge is -2.30. The van der Waals surface area contributed by atoms with E-state index in [0.717, 1.165) is 12.1 Å². The number of carbonyl (C=O) groups excluding carboxylic acids is 1. The van der Waals surface area contributed by atoms with Gasteiger partial charge in [-0.15, -0.1) is 0 Å². The number of nitrogens with one attached hydrogen (secondary N) is 2. The molecule has 6 heteroatoms. The van der Waals surface area contributed by atoms with E-state index in [1.807, 2.05) is 6.92 Å². The van der Waals surface area contributed by atoms with Gasteiger partial charge in [0, 0.05) is 5.70 Å². The third-order valence-electron chi connectivity index (χ3n) is 3.24. The SMILES string of the molecule is CCCC1=C(C(=O)OC)[C@@H](c2cccc(F)c2)NC(=S)N1. The van der Waals surface area contributed by atoms with Crippen molar-refractivity contribution in [2.24, 2.45) is 0 Å². The van der Waals surface area contributed by atoms with Crippen LogP contribution in [0.15, 0.2) is 35.5 Å². The zero-order valence-electron chi connectivity index (χ0n) is 11.9. The fraction of sp³-hybridized carbons (Fsp3) is 0.333. The quantitative estimate of drug-likeness (QED) is 0.661. The molecule has 1 aliphatic rings. The zero-order valence-corrected chi connectivity index (χ0v) is 12.7. The molecule has 0 unspecified atom stereocenters. The van der Waals surface area contributed by atoms with E-state index in [-0.39, 0.29) is 5.82 Å². The van der Waals surface area contributed by atoms with E-state index in [1.165, 1.54) is 19.2 Å². The Labute approximate surface area is 128 Å². The predicted molar refractivity (Wildman–Crippen MR) is 82.0 cm³/mol. The molecule has 2 N–H and O–H groups in total. The van der Waals surface area contributed by atoms with Crippen molar-refractivity contribution in [3.63, 3.8) is 0 Å². The number of hydrogen-bond acceptors (Lipinski definition) is 3. The van der Waals surface area contributed by atoms with Gasteiger partial charge in [0.1, 0.15) is 5.82 Å². The van der Waals surface area contributed by atoms with Crippen LogP contribution in [0.5, 0.6) is 0 Å². The molecule has 0 saturated carbocycles. The second kappa shape index (κ2) is 6.67. The molecule has 0 saturated heterocycles. The summed E-state index contributed by atoms with van der Waals surface area (Å²) in [5.74, 6) is -0.810. The minimum absolute atomic E-state index is 0.361. The number of esters is 1. The molecule has 4 nitrogen and oxygen atoms in total. The van der Waals surface area contributed by atoms with Gasteiger partial charge in [-0.05, 0) is 36.3 Å². The van der Waals surface area contributed by atoms with Crippen molar-refractivity contribution >= 4 is 23.3 Å². The van der Waals surface area contributed by atoms with Crippen LogP contribution < -0.4 is 10.6 Å². The van der Waals surface area contributed by atoms with E-state index in [0.29, 0.717) is 22.7 Å². The van der Waals surface area contributed by atoms with Crippen LogP contribution >= 0.6 is 12.2 Å². The number of carbonyl (C=O) groups is 1. The third kappa shape index (κ3) is 3.39. The summed E-state index contributed by atoms with van der Waals surface area (Å²) in [4.78, 5) is 12.1. The summed E-state index contributed by atoms with van der Waals surface area (Å²) in [6, 6.07) is 5.59. The van der Waals surface area contributed by atoms with E-state index in [1.54, 1.807) is 12.1 Å². The van der Waals surface area contributed by atoms with Crippen molar-refractivity contribution in [1.29, 1.82) is 0 Å². The van der Waals surface area contributed by atoms with Crippen molar-refractivity contribution in [2.75, 3.05) is 7.11 Å². The van der Waals surface area contributed by atoms with Crippen molar-refractivity contribution in [3.05, 3.63) is 46.9 Å². The van der Waals surface area contributed by atoms with E-state index >= 15 is 0 Å². The van der Waals surface area contributed by atoms with Crippen LogP contribution in [0.4, 0.5) is 4.39 Å². The molecule has 0 bridgehead atoms. The van der Waals surface area contributed by atoms with Crippen molar-refractivity contribution in [2.45, 2.75) is 25.8 Å². The van der Waals surface area contributed by atoms with Gasteiger partial charge in [0.25, 0.3) is 0 Å². The second-order valence-corrected chi connectivity index (χ2v) is 5.13. The number of hydrogen-bond donors (Lipinski definition) is 2. The van der Waals surface area contributed by atoms with Crippen LogP contribution in [0.25, 0.3) is 0 Å². The molecule has 1 atom stereocenters. The first-order valence-corrected chi connectivity index (χ1v) is 7.12. The zero-order chi connectivity index (χ0) is 15.4. The Morgan fingerprint density at radius 2 is 2.24 bits per heavy atom. The molecule has 2 rings (SSSR count). The average molecular weight is 308 g/mol. The molecule has 112 valence electrons. The highest BCUT2D eigenvalue weighted by Crippen LogP contribution is 2.29. The number of thiocarbonyl (C=S) groups is 1. The van der Waals surface area contributed by atoms with Gasteiger partial charge in [0.15, 0.2) is 5.11 Å². The molecular formula is C15H17FN2O2S. The highest BCUT2D eigenvalue weighted by Gasteiger charge is 2.31. The summed E-state index contributed by atoms with van der Waals surface area (Å²) >= 11 is 5.18. The molecule has 0 spiro atoms. The number of ether oxygens (including phenoxy) is 1. The lowest BCUT2D eigenvalue weighted by molar-refractivity contribution is -0.136. The number of allylic oxidation sites excluding steroid dienone is 1. The highest BCUT2D eigenvalue weighted by atomic mass is 32.1. The Bertz CT molecular complexity index is 601. The molecule has 1 aliphatic heterocycles. The van der Waals surface area contributed by atoms with Crippen LogP contribution in [-0.2, 0) is 9.53 Å². The second-order valence-electron chi connectivity index (χ2n) is 4.72. The van der Waals surface area contributed by atoms with E-state index in [9.17, 15) is 9.18 Å². The van der Waals surface area contributed by atoms with E-state index in [2.05, 4.69) is 10.6 Å². The van der Waals surface area contributed by atoms with Gasteiger partial charge in [-0.1, -0.05) is 25.5 Å². The van der Waals surface area contributed by atoms with Gasteiger partial charge < -0.3 is 15.4 Å². The minimum atomic E-state index is -0.511. The Kier molecular flexibility index (Phi) is 4.90. The van der Waals surface area contributed by atoms with Crippen LogP contribution in [0.3, 0.4) is 0 Å². The third-order valence-corrected chi connectivity index (χ3v) is 3.46. The Balaban J connectivity index is 2.52. The molecule has 0 aliphatic carbocycles. The molecule has 0 amide bonds. The van der Waals surface area contributed by atoms with Crippen LogP contribution in [-0.4, -0.2) is 18.2 Å². The molecule has 1 heterocycles. The molecule has 0 fully saturated rings. The van der Waals surface area contributed by atoms with Gasteiger partial charge in [-0.3, -0.25) is 0 Å². The van der Waals surface area contributed by atoms with Gasteiger partial charge in [0.05, 0.1) is 18.7 Å². The monoisotopic (exact) mass is 308 g/mol. The van der Waals surface area contributed by atoms with Crippen molar-refractivity contribution < 1.29 is 13.9 Å². The Hall–Kier alpha value is -1.95. The highest BCUT2D eigenvalue weighted by molar-refractivity contribution is 7.80. The van der Waals surface area contributed by atoms with Crippen LogP contribution in [0.2, 0.25) is 0 Å². The maximum absolute atomic E-state index is 13.5. The smallest absolute Gasteiger partial charge is 0.337 e. The summed E-state index contributed by atoms with van der Waals surface area (Å²) in [6.45, 7) is 2.01. The number of rotatable bonds is 4. The molecule has 0 radical (unpaired) electrons. The van der Waals surface area contributed by atoms with Gasteiger partial charge >= 0.3 is 5.97 Å².